The van der Waals surface area contributed by atoms with Gasteiger partial charge in [-0.25, -0.2) is 0 Å². The predicted molar refractivity (Wildman–Crippen MR) is 83.0 cm³/mol. The second kappa shape index (κ2) is 7.06. The zero-order valence-corrected chi connectivity index (χ0v) is 12.4. The molecule has 0 saturated heterocycles. The van der Waals surface area contributed by atoms with Gasteiger partial charge in [0.15, 0.2) is 9.78 Å². The number of hydrogen-bond acceptors (Lipinski definition) is 3. The molecule has 0 aliphatic carbocycles. The lowest BCUT2D eigenvalue weighted by Gasteiger charge is -2.06. The topological polar surface area (TPSA) is 49.6 Å². The van der Waals surface area contributed by atoms with Crippen LogP contribution in [-0.4, -0.2) is 11.3 Å². The Bertz CT molecular complexity index is 568. The van der Waals surface area contributed by atoms with Crippen LogP contribution in [0.25, 0.3) is 0 Å². The highest BCUT2D eigenvalue weighted by atomic mass is 79.9. The van der Waals surface area contributed by atoms with Crippen LogP contribution in [0.3, 0.4) is 0 Å². The third-order valence-electron chi connectivity index (χ3n) is 2.25. The van der Waals surface area contributed by atoms with E-state index in [2.05, 4.69) is 31.8 Å². The minimum absolute atomic E-state index is 0.464. The molecule has 1 aromatic carbocycles. The van der Waals surface area contributed by atoms with Crippen molar-refractivity contribution in [2.45, 2.75) is 6.54 Å². The van der Waals surface area contributed by atoms with Crippen LogP contribution in [0.15, 0.2) is 56.7 Å². The van der Waals surface area contributed by atoms with E-state index in [4.69, 9.17) is 16.6 Å². The van der Waals surface area contributed by atoms with Gasteiger partial charge in [-0.05, 0) is 45.8 Å². The Labute approximate surface area is 125 Å². The number of hydrogen-bond donors (Lipinski definition) is 2. The Morgan fingerprint density at radius 2 is 2.05 bits per heavy atom. The third-order valence-corrected chi connectivity index (χ3v) is 2.91. The second-order valence-corrected chi connectivity index (χ2v) is 4.87. The van der Waals surface area contributed by atoms with Crippen molar-refractivity contribution in [2.24, 2.45) is 5.10 Å². The molecule has 0 amide bonds. The van der Waals surface area contributed by atoms with Gasteiger partial charge in [0.05, 0.1) is 6.21 Å². The molecule has 0 atom stereocenters. The number of furan rings is 1. The van der Waals surface area contributed by atoms with E-state index in [-0.39, 0.29) is 0 Å². The van der Waals surface area contributed by atoms with Crippen LogP contribution in [0.4, 0.5) is 0 Å². The van der Waals surface area contributed by atoms with E-state index in [0.717, 1.165) is 5.56 Å². The van der Waals surface area contributed by atoms with Crippen LogP contribution in [0.1, 0.15) is 11.3 Å². The molecule has 0 aliphatic heterocycles. The second-order valence-electron chi connectivity index (χ2n) is 3.68. The highest BCUT2D eigenvalue weighted by molar-refractivity contribution is 9.10. The van der Waals surface area contributed by atoms with Crippen molar-refractivity contribution < 1.29 is 4.42 Å². The smallest absolute Gasteiger partial charge is 0.187 e. The molecule has 0 aliphatic rings. The molecule has 0 bridgehead atoms. The van der Waals surface area contributed by atoms with Crippen molar-refractivity contribution in [1.82, 2.24) is 10.7 Å². The van der Waals surface area contributed by atoms with E-state index in [1.54, 1.807) is 18.3 Å². The summed E-state index contributed by atoms with van der Waals surface area (Å²) in [5.41, 5.74) is 3.88. The average Bonchev–Trinajstić information content (AvgIpc) is 2.83. The zero-order valence-electron chi connectivity index (χ0n) is 9.97. The Hall–Kier alpha value is -1.66. The third kappa shape index (κ3) is 4.84. The predicted octanol–water partition coefficient (Wildman–Crippen LogP) is 3.04. The number of nitrogens with zero attached hydrogens (tertiary/aromatic N) is 1. The van der Waals surface area contributed by atoms with Crippen molar-refractivity contribution >= 4 is 39.5 Å². The maximum absolute atomic E-state index is 5.26. The molecule has 0 spiro atoms. The van der Waals surface area contributed by atoms with Gasteiger partial charge in [0.1, 0.15) is 5.76 Å². The van der Waals surface area contributed by atoms with Gasteiger partial charge in [-0.15, -0.1) is 0 Å². The summed E-state index contributed by atoms with van der Waals surface area (Å²) in [4.78, 5) is 0. The van der Waals surface area contributed by atoms with Crippen LogP contribution < -0.4 is 10.7 Å². The molecule has 2 rings (SSSR count). The Morgan fingerprint density at radius 1 is 1.26 bits per heavy atom. The van der Waals surface area contributed by atoms with Gasteiger partial charge >= 0.3 is 0 Å². The molecule has 6 heteroatoms. The standard InChI is InChI=1S/C13H12BrN3OS/c14-12-7-6-11(18-12)9-16-17-13(19)15-8-10-4-2-1-3-5-10/h1-7,9H,8H2,(H2,15,17,19)/b16-9+. The fourth-order valence-corrected chi connectivity index (χ4v) is 1.81. The lowest BCUT2D eigenvalue weighted by atomic mass is 10.2. The number of halogens is 1. The fraction of sp³-hybridized carbons (Fsp3) is 0.0769. The summed E-state index contributed by atoms with van der Waals surface area (Å²) >= 11 is 8.31. The maximum Gasteiger partial charge on any atom is 0.187 e. The first-order valence-corrected chi connectivity index (χ1v) is 6.80. The first-order valence-electron chi connectivity index (χ1n) is 5.60. The van der Waals surface area contributed by atoms with Crippen LogP contribution in [0.5, 0.6) is 0 Å². The highest BCUT2D eigenvalue weighted by Gasteiger charge is 1.96. The number of hydrazone groups is 1. The number of thiocarbonyl (C=S) groups is 1. The average molecular weight is 338 g/mol. The van der Waals surface area contributed by atoms with Crippen molar-refractivity contribution in [3.63, 3.8) is 0 Å². The summed E-state index contributed by atoms with van der Waals surface area (Å²) in [6, 6.07) is 13.6. The maximum atomic E-state index is 5.26. The van der Waals surface area contributed by atoms with Gasteiger partial charge in [-0.3, -0.25) is 5.43 Å². The first-order chi connectivity index (χ1) is 9.24. The van der Waals surface area contributed by atoms with Crippen molar-refractivity contribution in [2.75, 3.05) is 0 Å². The molecule has 2 aromatic rings. The zero-order chi connectivity index (χ0) is 13.5. The lowest BCUT2D eigenvalue weighted by molar-refractivity contribution is 0.534. The molecule has 0 fully saturated rings. The molecule has 98 valence electrons. The van der Waals surface area contributed by atoms with Crippen LogP contribution in [-0.2, 0) is 6.54 Å². The minimum atomic E-state index is 0.464. The molecule has 2 N–H and O–H groups in total. The summed E-state index contributed by atoms with van der Waals surface area (Å²) in [6.45, 7) is 0.661. The molecule has 4 nitrogen and oxygen atoms in total. The Balaban J connectivity index is 1.74. The van der Waals surface area contributed by atoms with Crippen LogP contribution in [0, 0.1) is 0 Å². The quantitative estimate of drug-likeness (QED) is 0.511. The van der Waals surface area contributed by atoms with Crippen molar-refractivity contribution in [3.8, 4) is 0 Å². The summed E-state index contributed by atoms with van der Waals surface area (Å²) < 4.78 is 5.92. The summed E-state index contributed by atoms with van der Waals surface area (Å²) in [5, 5.41) is 7.49. The number of benzene rings is 1. The highest BCUT2D eigenvalue weighted by Crippen LogP contribution is 2.11. The lowest BCUT2D eigenvalue weighted by Crippen LogP contribution is -2.31. The van der Waals surface area contributed by atoms with E-state index in [1.807, 2.05) is 30.3 Å². The minimum Gasteiger partial charge on any atom is -0.448 e. The number of rotatable bonds is 4. The monoisotopic (exact) mass is 337 g/mol. The first kappa shape index (κ1) is 13.8. The van der Waals surface area contributed by atoms with Gasteiger partial charge in [0.2, 0.25) is 0 Å². The summed E-state index contributed by atoms with van der Waals surface area (Å²) in [5.74, 6) is 0.644. The van der Waals surface area contributed by atoms with E-state index >= 15 is 0 Å². The van der Waals surface area contributed by atoms with Crippen molar-refractivity contribution in [3.05, 3.63) is 58.5 Å². The Morgan fingerprint density at radius 3 is 2.74 bits per heavy atom. The van der Waals surface area contributed by atoms with Crippen molar-refractivity contribution in [1.29, 1.82) is 0 Å². The van der Waals surface area contributed by atoms with E-state index in [1.165, 1.54) is 0 Å². The van der Waals surface area contributed by atoms with Gasteiger partial charge in [0, 0.05) is 6.54 Å². The Kier molecular flexibility index (Phi) is 5.11. The van der Waals surface area contributed by atoms with Gasteiger partial charge in [-0.1, -0.05) is 30.3 Å². The fourth-order valence-electron chi connectivity index (χ4n) is 1.37. The van der Waals surface area contributed by atoms with Gasteiger partial charge < -0.3 is 9.73 Å². The van der Waals surface area contributed by atoms with Crippen LogP contribution in [0.2, 0.25) is 0 Å². The van der Waals surface area contributed by atoms with E-state index in [9.17, 15) is 0 Å². The summed E-state index contributed by atoms with van der Waals surface area (Å²) in [6.07, 6.45) is 1.56. The molecule has 0 radical (unpaired) electrons. The normalized spacial score (nSPS) is 10.6. The molecule has 0 unspecified atom stereocenters. The molecular formula is C13H12BrN3OS. The SMILES string of the molecule is S=C(NCc1ccccc1)N/N=C/c1ccc(Br)o1. The van der Waals surface area contributed by atoms with E-state index < -0.39 is 0 Å². The van der Waals surface area contributed by atoms with Gasteiger partial charge in [-0.2, -0.15) is 5.10 Å². The molecule has 1 heterocycles. The largest absolute Gasteiger partial charge is 0.448 e. The molecule has 1 aromatic heterocycles. The molecule has 19 heavy (non-hydrogen) atoms. The number of nitrogens with one attached hydrogen (secondary N) is 2. The van der Waals surface area contributed by atoms with Gasteiger partial charge in [0.25, 0.3) is 0 Å². The molecular weight excluding hydrogens is 326 g/mol. The summed E-state index contributed by atoms with van der Waals surface area (Å²) in [7, 11) is 0. The van der Waals surface area contributed by atoms with E-state index in [0.29, 0.717) is 22.1 Å². The van der Waals surface area contributed by atoms with Crippen LogP contribution >= 0.6 is 28.1 Å². The molecule has 0 saturated carbocycles.